The maximum Gasteiger partial charge on any atom is 0.296 e. The zero-order valence-electron chi connectivity index (χ0n) is 16.1. The van der Waals surface area contributed by atoms with Crippen LogP contribution in [-0.2, 0) is 26.1 Å². The molecule has 3 aromatic rings. The molecule has 0 saturated heterocycles. The minimum atomic E-state index is -0.362. The van der Waals surface area contributed by atoms with Crippen LogP contribution in [0.5, 0.6) is 0 Å². The molecule has 4 rings (SSSR count). The first kappa shape index (κ1) is 19.2. The zero-order chi connectivity index (χ0) is 20.2. The quantitative estimate of drug-likeness (QED) is 0.510. The van der Waals surface area contributed by atoms with Gasteiger partial charge in [-0.25, -0.2) is 13.3 Å². The van der Waals surface area contributed by atoms with Gasteiger partial charge in [0.1, 0.15) is 18.2 Å². The summed E-state index contributed by atoms with van der Waals surface area (Å²) >= 11 is 0. The van der Waals surface area contributed by atoms with Gasteiger partial charge in [0.25, 0.3) is 5.82 Å². The van der Waals surface area contributed by atoms with Crippen molar-refractivity contribution in [1.29, 1.82) is 0 Å². The lowest BCUT2D eigenvalue weighted by Crippen LogP contribution is -2.41. The average Bonchev–Trinajstić information content (AvgIpc) is 2.89. The van der Waals surface area contributed by atoms with Crippen LogP contribution in [0.3, 0.4) is 0 Å². The van der Waals surface area contributed by atoms with Gasteiger partial charge >= 0.3 is 0 Å². The standard InChI is InChI=1S/C22H23F2N4O/c23-17-7-5-16(6-8-17)20(29)15-28-22-4-2-1-3-13-27(22)21(26-28)14-25-19-11-9-18(24)10-12-19/h5-12,25H,1-4,13-15H2/q+1. The predicted octanol–water partition coefficient (Wildman–Crippen LogP) is 3.67. The van der Waals surface area contributed by atoms with Gasteiger partial charge in [-0.3, -0.25) is 4.79 Å². The number of nitrogens with zero attached hydrogens (tertiary/aromatic N) is 3. The predicted molar refractivity (Wildman–Crippen MR) is 104 cm³/mol. The average molecular weight is 397 g/mol. The number of halogens is 2. The maximum atomic E-state index is 13.1. The first-order valence-corrected chi connectivity index (χ1v) is 9.87. The lowest BCUT2D eigenvalue weighted by Gasteiger charge is -2.04. The molecule has 150 valence electrons. The van der Waals surface area contributed by atoms with E-state index in [0.717, 1.165) is 49.6 Å². The lowest BCUT2D eigenvalue weighted by atomic mass is 10.1. The molecule has 0 saturated carbocycles. The Morgan fingerprint density at radius 3 is 2.41 bits per heavy atom. The number of Topliss-reactive ketones (excluding diaryl/α,β-unsaturated/α-hetero) is 1. The van der Waals surface area contributed by atoms with Gasteiger partial charge in [0.15, 0.2) is 12.3 Å². The Balaban J connectivity index is 1.56. The molecule has 0 amide bonds. The summed E-state index contributed by atoms with van der Waals surface area (Å²) in [7, 11) is 0. The number of anilines is 1. The maximum absolute atomic E-state index is 13.1. The molecule has 2 heterocycles. The molecule has 0 radical (unpaired) electrons. The minimum absolute atomic E-state index is 0.0989. The monoisotopic (exact) mass is 397 g/mol. The van der Waals surface area contributed by atoms with Crippen LogP contribution in [0.25, 0.3) is 0 Å². The molecule has 1 aliphatic heterocycles. The van der Waals surface area contributed by atoms with Crippen molar-refractivity contribution in [3.8, 4) is 0 Å². The molecule has 1 N–H and O–H groups in total. The van der Waals surface area contributed by atoms with Crippen molar-refractivity contribution in [2.75, 3.05) is 5.32 Å². The number of carbonyl (C=O) groups is 1. The first-order chi connectivity index (χ1) is 14.1. The Kier molecular flexibility index (Phi) is 5.64. The molecule has 0 aliphatic carbocycles. The molecule has 0 spiro atoms. The number of rotatable bonds is 6. The van der Waals surface area contributed by atoms with E-state index in [2.05, 4.69) is 9.88 Å². The van der Waals surface area contributed by atoms with Crippen LogP contribution in [0.1, 0.15) is 41.3 Å². The summed E-state index contributed by atoms with van der Waals surface area (Å²) in [6.45, 7) is 1.47. The number of hydrogen-bond donors (Lipinski definition) is 1. The summed E-state index contributed by atoms with van der Waals surface area (Å²) in [6, 6.07) is 11.8. The van der Waals surface area contributed by atoms with Gasteiger partial charge in [-0.15, -0.1) is 4.68 Å². The topological polar surface area (TPSA) is 50.8 Å². The Morgan fingerprint density at radius 1 is 1.00 bits per heavy atom. The second-order valence-electron chi connectivity index (χ2n) is 7.24. The third kappa shape index (κ3) is 4.50. The van der Waals surface area contributed by atoms with Crippen LogP contribution in [0, 0.1) is 11.6 Å². The highest BCUT2D eigenvalue weighted by Gasteiger charge is 2.28. The minimum Gasteiger partial charge on any atom is -0.375 e. The molecule has 0 atom stereocenters. The van der Waals surface area contributed by atoms with E-state index in [1.54, 1.807) is 16.8 Å². The summed E-state index contributed by atoms with van der Waals surface area (Å²) in [5.41, 5.74) is 1.28. The summed E-state index contributed by atoms with van der Waals surface area (Å²) in [6.07, 6.45) is 4.12. The van der Waals surface area contributed by atoms with Crippen LogP contribution in [0.2, 0.25) is 0 Å². The number of benzene rings is 2. The number of nitrogens with one attached hydrogen (secondary N) is 1. The van der Waals surface area contributed by atoms with Crippen molar-refractivity contribution in [2.45, 2.75) is 45.3 Å². The second-order valence-corrected chi connectivity index (χ2v) is 7.24. The van der Waals surface area contributed by atoms with Crippen LogP contribution in [0.4, 0.5) is 14.5 Å². The van der Waals surface area contributed by atoms with E-state index in [1.165, 1.54) is 36.4 Å². The van der Waals surface area contributed by atoms with Gasteiger partial charge in [-0.1, -0.05) is 0 Å². The summed E-state index contributed by atoms with van der Waals surface area (Å²) in [5, 5.41) is 7.97. The molecule has 5 nitrogen and oxygen atoms in total. The largest absolute Gasteiger partial charge is 0.375 e. The van der Waals surface area contributed by atoms with E-state index in [-0.39, 0.29) is 24.0 Å². The van der Waals surface area contributed by atoms with E-state index in [9.17, 15) is 13.6 Å². The fourth-order valence-electron chi connectivity index (χ4n) is 3.66. The Hall–Kier alpha value is -3.09. The van der Waals surface area contributed by atoms with Crippen molar-refractivity contribution >= 4 is 11.5 Å². The highest BCUT2D eigenvalue weighted by molar-refractivity contribution is 5.95. The van der Waals surface area contributed by atoms with Crippen molar-refractivity contribution in [2.24, 2.45) is 0 Å². The number of carbonyl (C=O) groups excluding carboxylic acids is 1. The van der Waals surface area contributed by atoms with E-state index in [1.807, 2.05) is 0 Å². The van der Waals surface area contributed by atoms with Gasteiger partial charge < -0.3 is 5.32 Å². The van der Waals surface area contributed by atoms with Crippen LogP contribution in [0.15, 0.2) is 48.5 Å². The third-order valence-electron chi connectivity index (χ3n) is 5.19. The van der Waals surface area contributed by atoms with Crippen molar-refractivity contribution in [3.63, 3.8) is 0 Å². The number of hydrogen-bond acceptors (Lipinski definition) is 3. The molecule has 7 heteroatoms. The van der Waals surface area contributed by atoms with Crippen molar-refractivity contribution in [3.05, 3.63) is 77.4 Å². The Labute approximate surface area is 168 Å². The van der Waals surface area contributed by atoms with Gasteiger partial charge in [-0.2, -0.15) is 0 Å². The summed E-state index contributed by atoms with van der Waals surface area (Å²) in [5.74, 6) is 1.15. The summed E-state index contributed by atoms with van der Waals surface area (Å²) in [4.78, 5) is 12.7. The van der Waals surface area contributed by atoms with Crippen molar-refractivity contribution < 1.29 is 18.1 Å². The molecule has 1 aliphatic rings. The van der Waals surface area contributed by atoms with Crippen molar-refractivity contribution in [1.82, 2.24) is 9.78 Å². The third-order valence-corrected chi connectivity index (χ3v) is 5.19. The normalized spacial score (nSPS) is 13.6. The van der Waals surface area contributed by atoms with Crippen LogP contribution in [-0.4, -0.2) is 15.6 Å². The van der Waals surface area contributed by atoms with E-state index in [4.69, 9.17) is 5.10 Å². The molecule has 0 fully saturated rings. The van der Waals surface area contributed by atoms with Gasteiger partial charge in [0.05, 0.1) is 6.54 Å². The van der Waals surface area contributed by atoms with Gasteiger partial charge in [-0.05, 0) is 67.8 Å². The van der Waals surface area contributed by atoms with Crippen LogP contribution < -0.4 is 9.88 Å². The molecular weight excluding hydrogens is 374 g/mol. The molecule has 0 bridgehead atoms. The number of ketones is 1. The SMILES string of the molecule is O=C(Cn1nc(CNc2ccc(F)cc2)[n+]2c1CCCCC2)c1ccc(F)cc1. The molecule has 0 unspecified atom stereocenters. The molecular formula is C22H23F2N4O+. The molecule has 1 aromatic heterocycles. The zero-order valence-corrected chi connectivity index (χ0v) is 16.1. The Bertz CT molecular complexity index is 997. The molecule has 2 aromatic carbocycles. The van der Waals surface area contributed by atoms with E-state index < -0.39 is 0 Å². The smallest absolute Gasteiger partial charge is 0.296 e. The fraction of sp³-hybridized carbons (Fsp3) is 0.318. The first-order valence-electron chi connectivity index (χ1n) is 9.87. The van der Waals surface area contributed by atoms with E-state index in [0.29, 0.717) is 12.1 Å². The van der Waals surface area contributed by atoms with E-state index >= 15 is 0 Å². The number of fused-ring (bicyclic) bond motifs is 1. The van der Waals surface area contributed by atoms with Gasteiger partial charge in [0, 0.05) is 22.8 Å². The highest BCUT2D eigenvalue weighted by Crippen LogP contribution is 2.14. The highest BCUT2D eigenvalue weighted by atomic mass is 19.1. The number of aromatic nitrogens is 3. The fourth-order valence-corrected chi connectivity index (χ4v) is 3.66. The van der Waals surface area contributed by atoms with Gasteiger partial charge in [0.2, 0.25) is 5.82 Å². The lowest BCUT2D eigenvalue weighted by molar-refractivity contribution is -0.710. The van der Waals surface area contributed by atoms with Crippen LogP contribution >= 0.6 is 0 Å². The second kappa shape index (κ2) is 8.51. The summed E-state index contributed by atoms with van der Waals surface area (Å²) < 4.78 is 30.2. The Morgan fingerprint density at radius 2 is 1.69 bits per heavy atom. The molecule has 29 heavy (non-hydrogen) atoms.